The molecule has 0 atom stereocenters. The van der Waals surface area contributed by atoms with Crippen molar-refractivity contribution in [3.8, 4) is 5.75 Å². The lowest BCUT2D eigenvalue weighted by atomic mass is 10.00. The van der Waals surface area contributed by atoms with Crippen LogP contribution in [0.15, 0.2) is 42.0 Å². The third-order valence-corrected chi connectivity index (χ3v) is 3.53. The van der Waals surface area contributed by atoms with Crippen LogP contribution in [0.5, 0.6) is 5.75 Å². The minimum Gasteiger partial charge on any atom is -0.490 e. The molecule has 0 saturated carbocycles. The molecule has 1 aliphatic heterocycles. The summed E-state index contributed by atoms with van der Waals surface area (Å²) >= 11 is 0. The number of hydrogen-bond donors (Lipinski definition) is 2. The van der Waals surface area contributed by atoms with Gasteiger partial charge in [0, 0.05) is 5.56 Å². The van der Waals surface area contributed by atoms with E-state index in [4.69, 9.17) is 4.74 Å². The number of nitrogens with one attached hydrogen (secondary N) is 2. The van der Waals surface area contributed by atoms with E-state index >= 15 is 0 Å². The van der Waals surface area contributed by atoms with Crippen molar-refractivity contribution in [3.63, 3.8) is 0 Å². The maximum atomic E-state index is 12.0. The molecule has 1 heterocycles. The summed E-state index contributed by atoms with van der Waals surface area (Å²) in [6.45, 7) is 3.79. The van der Waals surface area contributed by atoms with Gasteiger partial charge < -0.3 is 4.74 Å². The molecule has 1 aliphatic rings. The summed E-state index contributed by atoms with van der Waals surface area (Å²) in [7, 11) is 0. The molecule has 0 radical (unpaired) electrons. The van der Waals surface area contributed by atoms with Crippen molar-refractivity contribution in [3.05, 3.63) is 47.5 Å². The van der Waals surface area contributed by atoms with Crippen LogP contribution in [0.3, 0.4) is 0 Å². The van der Waals surface area contributed by atoms with Gasteiger partial charge in [0.15, 0.2) is 0 Å². The zero-order valence-corrected chi connectivity index (χ0v) is 13.3. The standard InChI is InChI=1S/C18H16N2O4/c1-10(2)24-15-8-7-11-5-3-4-6-12(11)13(15)9-14-16(21)19-18(23)20-17(14)22/h3-10H,1-2H3,(H2,19,20,21,22,23). The van der Waals surface area contributed by atoms with Crippen molar-refractivity contribution in [1.29, 1.82) is 0 Å². The molecular formula is C18H16N2O4. The first-order valence-corrected chi connectivity index (χ1v) is 7.52. The van der Waals surface area contributed by atoms with Crippen LogP contribution in [0.1, 0.15) is 19.4 Å². The molecule has 2 aromatic carbocycles. The number of rotatable bonds is 3. The Labute approximate surface area is 138 Å². The quantitative estimate of drug-likeness (QED) is 0.670. The molecule has 3 rings (SSSR count). The van der Waals surface area contributed by atoms with Crippen molar-refractivity contribution in [2.45, 2.75) is 20.0 Å². The lowest BCUT2D eigenvalue weighted by Gasteiger charge is -2.17. The maximum absolute atomic E-state index is 12.0. The molecule has 0 aliphatic carbocycles. The van der Waals surface area contributed by atoms with Gasteiger partial charge in [0.25, 0.3) is 11.8 Å². The van der Waals surface area contributed by atoms with Gasteiger partial charge in [0.2, 0.25) is 0 Å². The first-order valence-electron chi connectivity index (χ1n) is 7.52. The lowest BCUT2D eigenvalue weighted by molar-refractivity contribution is -0.123. The van der Waals surface area contributed by atoms with Gasteiger partial charge in [-0.25, -0.2) is 4.79 Å². The SMILES string of the molecule is CC(C)Oc1ccc2ccccc2c1C=C1C(=O)NC(=O)NC1=O. The molecule has 6 nitrogen and oxygen atoms in total. The van der Waals surface area contributed by atoms with E-state index in [-0.39, 0.29) is 11.7 Å². The zero-order valence-electron chi connectivity index (χ0n) is 13.3. The second-order valence-corrected chi connectivity index (χ2v) is 5.66. The van der Waals surface area contributed by atoms with Crippen molar-refractivity contribution in [1.82, 2.24) is 10.6 Å². The molecule has 1 fully saturated rings. The van der Waals surface area contributed by atoms with Crippen molar-refractivity contribution < 1.29 is 19.1 Å². The lowest BCUT2D eigenvalue weighted by Crippen LogP contribution is -2.51. The van der Waals surface area contributed by atoms with Gasteiger partial charge in [-0.15, -0.1) is 0 Å². The molecular weight excluding hydrogens is 308 g/mol. The Hall–Kier alpha value is -3.15. The number of ether oxygens (including phenoxy) is 1. The number of amides is 4. The fraction of sp³-hybridized carbons (Fsp3) is 0.167. The van der Waals surface area contributed by atoms with E-state index in [1.807, 2.05) is 44.2 Å². The van der Waals surface area contributed by atoms with E-state index in [1.54, 1.807) is 6.07 Å². The van der Waals surface area contributed by atoms with Gasteiger partial charge in [-0.05, 0) is 36.8 Å². The first kappa shape index (κ1) is 15.7. The number of carbonyl (C=O) groups excluding carboxylic acids is 3. The van der Waals surface area contributed by atoms with Crippen LogP contribution < -0.4 is 15.4 Å². The predicted molar refractivity (Wildman–Crippen MR) is 89.4 cm³/mol. The molecule has 0 unspecified atom stereocenters. The summed E-state index contributed by atoms with van der Waals surface area (Å²) in [4.78, 5) is 35.2. The minimum absolute atomic E-state index is 0.0705. The number of fused-ring (bicyclic) bond motifs is 1. The van der Waals surface area contributed by atoms with Gasteiger partial charge in [0.1, 0.15) is 11.3 Å². The van der Waals surface area contributed by atoms with Gasteiger partial charge in [-0.3, -0.25) is 20.2 Å². The third kappa shape index (κ3) is 2.99. The number of imide groups is 2. The van der Waals surface area contributed by atoms with Crippen LogP contribution in [0, 0.1) is 0 Å². The van der Waals surface area contributed by atoms with E-state index in [0.717, 1.165) is 10.8 Å². The van der Waals surface area contributed by atoms with E-state index < -0.39 is 17.8 Å². The second-order valence-electron chi connectivity index (χ2n) is 5.66. The largest absolute Gasteiger partial charge is 0.490 e. The molecule has 2 N–H and O–H groups in total. The Morgan fingerprint density at radius 1 is 0.958 bits per heavy atom. The summed E-state index contributed by atoms with van der Waals surface area (Å²) in [5.74, 6) is -0.895. The summed E-state index contributed by atoms with van der Waals surface area (Å²) in [6, 6.07) is 10.5. The number of barbiturate groups is 1. The number of benzene rings is 2. The monoisotopic (exact) mass is 324 g/mol. The van der Waals surface area contributed by atoms with Crippen LogP contribution >= 0.6 is 0 Å². The Morgan fingerprint density at radius 3 is 2.29 bits per heavy atom. The highest BCUT2D eigenvalue weighted by Gasteiger charge is 2.28. The fourth-order valence-corrected chi connectivity index (χ4v) is 2.53. The highest BCUT2D eigenvalue weighted by Crippen LogP contribution is 2.31. The van der Waals surface area contributed by atoms with Crippen LogP contribution in [-0.2, 0) is 9.59 Å². The molecule has 0 bridgehead atoms. The highest BCUT2D eigenvalue weighted by molar-refractivity contribution is 6.31. The molecule has 2 aromatic rings. The molecule has 0 aromatic heterocycles. The van der Waals surface area contributed by atoms with Crippen LogP contribution in [0.2, 0.25) is 0 Å². The molecule has 1 saturated heterocycles. The summed E-state index contributed by atoms with van der Waals surface area (Å²) in [6.07, 6.45) is 1.39. The minimum atomic E-state index is -0.821. The predicted octanol–water partition coefficient (Wildman–Crippen LogP) is 2.38. The Kier molecular flexibility index (Phi) is 4.04. The molecule has 122 valence electrons. The highest BCUT2D eigenvalue weighted by atomic mass is 16.5. The summed E-state index contributed by atoms with van der Waals surface area (Å²) < 4.78 is 5.81. The number of carbonyl (C=O) groups is 3. The number of hydrogen-bond acceptors (Lipinski definition) is 4. The van der Waals surface area contributed by atoms with E-state index in [0.29, 0.717) is 11.3 Å². The van der Waals surface area contributed by atoms with Crippen LogP contribution in [-0.4, -0.2) is 23.9 Å². The van der Waals surface area contributed by atoms with Crippen LogP contribution in [0.4, 0.5) is 4.79 Å². The van der Waals surface area contributed by atoms with E-state index in [1.165, 1.54) is 6.08 Å². The van der Waals surface area contributed by atoms with E-state index in [9.17, 15) is 14.4 Å². The zero-order chi connectivity index (χ0) is 17.3. The van der Waals surface area contributed by atoms with Crippen molar-refractivity contribution in [2.75, 3.05) is 0 Å². The molecule has 6 heteroatoms. The van der Waals surface area contributed by atoms with Crippen molar-refractivity contribution in [2.24, 2.45) is 0 Å². The normalized spacial score (nSPS) is 14.6. The van der Waals surface area contributed by atoms with Gasteiger partial charge in [-0.1, -0.05) is 30.3 Å². The average molecular weight is 324 g/mol. The first-order chi connectivity index (χ1) is 11.5. The van der Waals surface area contributed by atoms with Gasteiger partial charge in [0.05, 0.1) is 6.10 Å². The van der Waals surface area contributed by atoms with E-state index in [2.05, 4.69) is 10.6 Å². The summed E-state index contributed by atoms with van der Waals surface area (Å²) in [5, 5.41) is 5.94. The Morgan fingerprint density at radius 2 is 1.62 bits per heavy atom. The topological polar surface area (TPSA) is 84.5 Å². The molecule has 24 heavy (non-hydrogen) atoms. The van der Waals surface area contributed by atoms with Gasteiger partial charge in [-0.2, -0.15) is 0 Å². The molecule has 4 amide bonds. The number of urea groups is 1. The van der Waals surface area contributed by atoms with Gasteiger partial charge >= 0.3 is 6.03 Å². The second kappa shape index (κ2) is 6.16. The smallest absolute Gasteiger partial charge is 0.328 e. The van der Waals surface area contributed by atoms with Crippen LogP contribution in [0.25, 0.3) is 16.8 Å². The third-order valence-electron chi connectivity index (χ3n) is 3.53. The molecule has 0 spiro atoms. The fourth-order valence-electron chi connectivity index (χ4n) is 2.53. The maximum Gasteiger partial charge on any atom is 0.328 e. The Balaban J connectivity index is 2.19. The summed E-state index contributed by atoms with van der Waals surface area (Å²) in [5.41, 5.74) is 0.482. The Bertz CT molecular complexity index is 862. The van der Waals surface area contributed by atoms with Crippen molar-refractivity contribution >= 4 is 34.7 Å². The average Bonchev–Trinajstić information content (AvgIpc) is 2.51.